The van der Waals surface area contributed by atoms with Crippen molar-refractivity contribution in [3.63, 3.8) is 0 Å². The van der Waals surface area contributed by atoms with Gasteiger partial charge in [-0.05, 0) is 29.8 Å². The molecule has 4 heteroatoms. The summed E-state index contributed by atoms with van der Waals surface area (Å²) in [6, 6.07) is 23.4. The number of rotatable bonds is 4. The van der Waals surface area contributed by atoms with E-state index in [4.69, 9.17) is 10.00 Å². The van der Waals surface area contributed by atoms with E-state index >= 15 is 0 Å². The minimum atomic E-state index is -0.242. The smallest absolute Gasteiger partial charge is 0.197 e. The van der Waals surface area contributed by atoms with E-state index in [2.05, 4.69) is 6.07 Å². The first kappa shape index (κ1) is 17.4. The Morgan fingerprint density at radius 1 is 0.821 bits per heavy atom. The molecule has 0 amide bonds. The SMILES string of the molecule is N#Cc1ccccc1COc1ccc(C=C2C(=O)c3ccccc3C2=O)cc1. The number of hydrogen-bond donors (Lipinski definition) is 0. The number of carbonyl (C=O) groups excluding carboxylic acids is 2. The molecule has 0 saturated carbocycles. The van der Waals surface area contributed by atoms with Crippen LogP contribution in [0.25, 0.3) is 6.08 Å². The van der Waals surface area contributed by atoms with Crippen LogP contribution >= 0.6 is 0 Å². The van der Waals surface area contributed by atoms with E-state index in [0.717, 1.165) is 11.1 Å². The predicted molar refractivity (Wildman–Crippen MR) is 105 cm³/mol. The molecule has 0 heterocycles. The zero-order valence-corrected chi connectivity index (χ0v) is 14.9. The molecular formula is C24H15NO3. The average Bonchev–Trinajstić information content (AvgIpc) is 2.98. The molecular weight excluding hydrogens is 350 g/mol. The number of nitriles is 1. The standard InChI is InChI=1S/C24H15NO3/c25-14-17-5-1-2-6-18(17)15-28-19-11-9-16(10-12-19)13-22-23(26)20-7-3-4-8-21(20)24(22)27/h1-13H,15H2. The summed E-state index contributed by atoms with van der Waals surface area (Å²) in [5, 5.41) is 9.13. The number of benzene rings is 3. The molecule has 0 N–H and O–H groups in total. The van der Waals surface area contributed by atoms with Crippen molar-refractivity contribution >= 4 is 17.6 Å². The van der Waals surface area contributed by atoms with E-state index in [-0.39, 0.29) is 23.7 Å². The summed E-state index contributed by atoms with van der Waals surface area (Å²) in [5.74, 6) is 0.158. The van der Waals surface area contributed by atoms with Gasteiger partial charge in [-0.1, -0.05) is 54.6 Å². The highest BCUT2D eigenvalue weighted by Gasteiger charge is 2.32. The maximum absolute atomic E-state index is 12.5. The molecule has 1 aliphatic carbocycles. The summed E-state index contributed by atoms with van der Waals surface area (Å²) >= 11 is 0. The predicted octanol–water partition coefficient (Wildman–Crippen LogP) is 4.60. The van der Waals surface area contributed by atoms with E-state index in [9.17, 15) is 9.59 Å². The van der Waals surface area contributed by atoms with Gasteiger partial charge < -0.3 is 4.74 Å². The zero-order valence-electron chi connectivity index (χ0n) is 14.9. The Labute approximate surface area is 162 Å². The Balaban J connectivity index is 1.50. The third-order valence-electron chi connectivity index (χ3n) is 4.63. The third kappa shape index (κ3) is 3.22. The van der Waals surface area contributed by atoms with Crippen LogP contribution in [0.4, 0.5) is 0 Å². The molecule has 4 rings (SSSR count). The van der Waals surface area contributed by atoms with E-state index < -0.39 is 0 Å². The van der Waals surface area contributed by atoms with Crippen LogP contribution in [-0.2, 0) is 6.61 Å². The maximum Gasteiger partial charge on any atom is 0.197 e. The highest BCUT2D eigenvalue weighted by atomic mass is 16.5. The first-order valence-electron chi connectivity index (χ1n) is 8.78. The molecule has 0 radical (unpaired) electrons. The fourth-order valence-corrected chi connectivity index (χ4v) is 3.15. The lowest BCUT2D eigenvalue weighted by atomic mass is 10.1. The van der Waals surface area contributed by atoms with Crippen LogP contribution in [0.1, 0.15) is 37.4 Å². The number of allylic oxidation sites excluding steroid dienone is 1. The second kappa shape index (κ2) is 7.34. The number of hydrogen-bond acceptors (Lipinski definition) is 4. The molecule has 28 heavy (non-hydrogen) atoms. The second-order valence-corrected chi connectivity index (χ2v) is 6.39. The summed E-state index contributed by atoms with van der Waals surface area (Å²) in [6.07, 6.45) is 1.61. The fourth-order valence-electron chi connectivity index (χ4n) is 3.15. The van der Waals surface area contributed by atoms with Crippen molar-refractivity contribution in [2.75, 3.05) is 0 Å². The summed E-state index contributed by atoms with van der Waals surface area (Å²) in [4.78, 5) is 24.9. The van der Waals surface area contributed by atoms with Crippen LogP contribution in [-0.4, -0.2) is 11.6 Å². The number of ketones is 2. The van der Waals surface area contributed by atoms with Crippen LogP contribution in [0, 0.1) is 11.3 Å². The molecule has 0 spiro atoms. The molecule has 0 aromatic heterocycles. The van der Waals surface area contributed by atoms with Crippen LogP contribution in [0.3, 0.4) is 0 Å². The Hall–Kier alpha value is -3.97. The van der Waals surface area contributed by atoms with Gasteiger partial charge in [0.05, 0.1) is 17.2 Å². The van der Waals surface area contributed by atoms with Crippen molar-refractivity contribution in [2.45, 2.75) is 6.61 Å². The first-order chi connectivity index (χ1) is 13.7. The van der Waals surface area contributed by atoms with Crippen molar-refractivity contribution in [1.82, 2.24) is 0 Å². The normalized spacial score (nSPS) is 12.5. The molecule has 1 aliphatic rings. The Bertz CT molecular complexity index is 1110. The summed E-state index contributed by atoms with van der Waals surface area (Å²) < 4.78 is 5.75. The summed E-state index contributed by atoms with van der Waals surface area (Å²) in [6.45, 7) is 0.288. The van der Waals surface area contributed by atoms with Gasteiger partial charge in [-0.15, -0.1) is 0 Å². The van der Waals surface area contributed by atoms with Gasteiger partial charge in [-0.25, -0.2) is 0 Å². The molecule has 0 atom stereocenters. The fraction of sp³-hybridized carbons (Fsp3) is 0.0417. The number of carbonyl (C=O) groups is 2. The molecule has 3 aromatic rings. The van der Waals surface area contributed by atoms with Crippen molar-refractivity contribution in [1.29, 1.82) is 5.26 Å². The van der Waals surface area contributed by atoms with Gasteiger partial charge in [0, 0.05) is 16.7 Å². The van der Waals surface area contributed by atoms with Gasteiger partial charge in [-0.3, -0.25) is 9.59 Å². The highest BCUT2D eigenvalue weighted by molar-refractivity contribution is 6.41. The number of ether oxygens (including phenoxy) is 1. The van der Waals surface area contributed by atoms with Gasteiger partial charge in [0.15, 0.2) is 11.6 Å². The quantitative estimate of drug-likeness (QED) is 0.501. The van der Waals surface area contributed by atoms with Gasteiger partial charge in [0.2, 0.25) is 0 Å². The average molecular weight is 365 g/mol. The monoisotopic (exact) mass is 365 g/mol. The van der Waals surface area contributed by atoms with Gasteiger partial charge in [0.1, 0.15) is 12.4 Å². The van der Waals surface area contributed by atoms with E-state index in [1.54, 1.807) is 60.7 Å². The lowest BCUT2D eigenvalue weighted by molar-refractivity contribution is 0.0990. The first-order valence-corrected chi connectivity index (χ1v) is 8.78. The van der Waals surface area contributed by atoms with E-state index in [1.807, 2.05) is 18.2 Å². The molecule has 3 aromatic carbocycles. The minimum Gasteiger partial charge on any atom is -0.489 e. The molecule has 0 bridgehead atoms. The number of fused-ring (bicyclic) bond motifs is 1. The second-order valence-electron chi connectivity index (χ2n) is 6.39. The number of nitrogens with zero attached hydrogens (tertiary/aromatic N) is 1. The van der Waals surface area contributed by atoms with Gasteiger partial charge in [0.25, 0.3) is 0 Å². The topological polar surface area (TPSA) is 67.2 Å². The van der Waals surface area contributed by atoms with E-state index in [0.29, 0.717) is 22.4 Å². The Morgan fingerprint density at radius 3 is 2.07 bits per heavy atom. The van der Waals surface area contributed by atoms with Crippen LogP contribution in [0.15, 0.2) is 78.4 Å². The van der Waals surface area contributed by atoms with Crippen molar-refractivity contribution in [3.05, 3.63) is 106 Å². The van der Waals surface area contributed by atoms with Crippen LogP contribution in [0.2, 0.25) is 0 Å². The Kier molecular flexibility index (Phi) is 4.57. The lowest BCUT2D eigenvalue weighted by Gasteiger charge is -2.08. The zero-order chi connectivity index (χ0) is 19.5. The third-order valence-corrected chi connectivity index (χ3v) is 4.63. The lowest BCUT2D eigenvalue weighted by Crippen LogP contribution is -2.00. The molecule has 0 fully saturated rings. The van der Waals surface area contributed by atoms with Crippen LogP contribution < -0.4 is 4.74 Å². The number of Topliss-reactive ketones (excluding diaryl/α,β-unsaturated/α-hetero) is 2. The van der Waals surface area contributed by atoms with Crippen molar-refractivity contribution in [3.8, 4) is 11.8 Å². The van der Waals surface area contributed by atoms with Gasteiger partial charge in [-0.2, -0.15) is 5.26 Å². The molecule has 0 saturated heterocycles. The minimum absolute atomic E-state index is 0.179. The molecule has 4 nitrogen and oxygen atoms in total. The van der Waals surface area contributed by atoms with Crippen molar-refractivity contribution < 1.29 is 14.3 Å². The van der Waals surface area contributed by atoms with Crippen molar-refractivity contribution in [2.24, 2.45) is 0 Å². The maximum atomic E-state index is 12.5. The summed E-state index contributed by atoms with van der Waals surface area (Å²) in [7, 11) is 0. The van der Waals surface area contributed by atoms with Gasteiger partial charge >= 0.3 is 0 Å². The van der Waals surface area contributed by atoms with Crippen LogP contribution in [0.5, 0.6) is 5.75 Å². The molecule has 0 aliphatic heterocycles. The van der Waals surface area contributed by atoms with E-state index in [1.165, 1.54) is 0 Å². The molecule has 134 valence electrons. The highest BCUT2D eigenvalue weighted by Crippen LogP contribution is 2.28. The summed E-state index contributed by atoms with van der Waals surface area (Å²) in [5.41, 5.74) is 3.23. The largest absolute Gasteiger partial charge is 0.489 e. The Morgan fingerprint density at radius 2 is 1.43 bits per heavy atom. The molecule has 0 unspecified atom stereocenters.